The van der Waals surface area contributed by atoms with Gasteiger partial charge in [-0.25, -0.2) is 0 Å². The Kier molecular flexibility index (Phi) is 21.0. The van der Waals surface area contributed by atoms with Crippen LogP contribution in [0.3, 0.4) is 0 Å². The zero-order valence-corrected chi connectivity index (χ0v) is 62.8. The van der Waals surface area contributed by atoms with Crippen molar-refractivity contribution in [2.45, 2.75) is 119 Å². The summed E-state index contributed by atoms with van der Waals surface area (Å²) in [6.45, 7) is 0.531. The van der Waals surface area contributed by atoms with Gasteiger partial charge in [0, 0.05) is 71.8 Å². The number of phenolic OH excluding ortho intramolecular Hbond substituents is 3. The van der Waals surface area contributed by atoms with E-state index in [4.69, 9.17) is 17.2 Å². The summed E-state index contributed by atoms with van der Waals surface area (Å²) in [5.74, 6) is -19.4. The van der Waals surface area contributed by atoms with Crippen molar-refractivity contribution in [3.05, 3.63) is 185 Å². The molecule has 2 heterocycles. The van der Waals surface area contributed by atoms with E-state index in [1.165, 1.54) is 38.6 Å². The number of Topliss-reactive ketones (excluding diaryl/α,β-unsaturated/α-hetero) is 6. The number of aromatic hydroxyl groups is 3. The smallest absolute Gasteiger partial charge is 0.255 e. The zero-order chi connectivity index (χ0) is 81.2. The molecule has 19 N–H and O–H groups in total. The number of carbonyl (C=O) groups is 9. The van der Waals surface area contributed by atoms with Gasteiger partial charge in [-0.15, -0.1) is 0 Å². The number of hydrogen-bond donors (Lipinski definition) is 16. The molecule has 3 amide bonds. The van der Waals surface area contributed by atoms with Gasteiger partial charge in [0.05, 0.1) is 34.8 Å². The first-order valence-corrected chi connectivity index (χ1v) is 36.5. The van der Waals surface area contributed by atoms with Crippen molar-refractivity contribution in [1.29, 1.82) is 0 Å². The maximum atomic E-state index is 13.9. The predicted molar refractivity (Wildman–Crippen MR) is 400 cm³/mol. The van der Waals surface area contributed by atoms with Crippen molar-refractivity contribution in [2.24, 2.45) is 59.8 Å². The number of fused-ring (bicyclic) bond motifs is 9. The summed E-state index contributed by atoms with van der Waals surface area (Å²) in [4.78, 5) is 127. The molecule has 3 fully saturated rings. The number of phenols is 3. The SMILES string of the molecule is CN(C)Cc1ccc(O)c2c1C[C@H]1C[C@H]3[C@@H](N(C)C)C(=O)C(C(N)=O)=C(O)[C@@]3(O)C(=O)C1=C2O.CN(C)[C@H]1C(=O)C(C(N)=O)=C(O)[C@@]2(O)C(=O)C3=C(O)c4c(O)ccc(CCCc5ccc[nH]5)c4C[C@H]3C[C@@H]12.CN(C)[C@H]1C(=O)C(C(N)=O)=C(O)[C@@]2(O)C(=O)C3=C(O)c4c(O)ccc(CCCc5cccn5C)c4C[C@H]3C[C@@H]12. The Balaban J connectivity index is 0.000000155. The predicted octanol–water partition coefficient (Wildman–Crippen LogP) is 2.97. The third kappa shape index (κ3) is 12.7. The monoisotopic (exact) mass is 1530 g/mol. The molecule has 0 unspecified atom stereocenters. The number of amides is 3. The molecule has 30 nitrogen and oxygen atoms in total. The fourth-order valence-corrected chi connectivity index (χ4v) is 19.1. The van der Waals surface area contributed by atoms with E-state index in [1.807, 2.05) is 68.8 Å². The van der Waals surface area contributed by atoms with Gasteiger partial charge in [0.1, 0.15) is 68.5 Å². The van der Waals surface area contributed by atoms with Gasteiger partial charge in [0.15, 0.2) is 34.2 Å². The molecule has 14 rings (SSSR count). The van der Waals surface area contributed by atoms with E-state index in [0.29, 0.717) is 48.9 Å². The van der Waals surface area contributed by atoms with Gasteiger partial charge in [-0.3, -0.25) is 57.9 Å². The average Bonchev–Trinajstić information content (AvgIpc) is 0.807. The lowest BCUT2D eigenvalue weighted by atomic mass is 9.57. The van der Waals surface area contributed by atoms with Crippen LogP contribution in [0.2, 0.25) is 0 Å². The number of H-pyrrole nitrogens is 1. The molecule has 3 aromatic carbocycles. The number of benzene rings is 3. The average molecular weight is 1530 g/mol. The number of nitrogens with one attached hydrogen (secondary N) is 1. The van der Waals surface area contributed by atoms with Gasteiger partial charge in [-0.05, 0) is 227 Å². The van der Waals surface area contributed by atoms with Gasteiger partial charge in [0.25, 0.3) is 17.7 Å². The number of aryl methyl sites for hydroxylation is 5. The number of aliphatic hydroxyl groups is 9. The normalized spacial score (nSPS) is 27.4. The minimum absolute atomic E-state index is 0.0722. The highest BCUT2D eigenvalue weighted by atomic mass is 16.4. The van der Waals surface area contributed by atoms with Crippen molar-refractivity contribution >= 4 is 69.7 Å². The second-order valence-electron chi connectivity index (χ2n) is 31.4. The molecule has 3 saturated carbocycles. The van der Waals surface area contributed by atoms with Gasteiger partial charge in [-0.2, -0.15) is 0 Å². The molecule has 2 aromatic heterocycles. The minimum Gasteiger partial charge on any atom is -0.508 e. The van der Waals surface area contributed by atoms with E-state index in [9.17, 15) is 104 Å². The number of nitrogens with two attached hydrogens (primary N) is 3. The molecule has 111 heavy (non-hydrogen) atoms. The van der Waals surface area contributed by atoms with Gasteiger partial charge in [0.2, 0.25) is 17.3 Å². The van der Waals surface area contributed by atoms with E-state index in [1.54, 1.807) is 48.4 Å². The highest BCUT2D eigenvalue weighted by Gasteiger charge is 2.68. The third-order valence-electron chi connectivity index (χ3n) is 24.1. The van der Waals surface area contributed by atoms with Crippen LogP contribution < -0.4 is 17.2 Å². The molecule has 0 aliphatic heterocycles. The Bertz CT molecular complexity index is 5030. The molecule has 0 bridgehead atoms. The molecule has 0 radical (unpaired) electrons. The molecule has 5 aromatic rings. The Morgan fingerprint density at radius 2 is 0.793 bits per heavy atom. The van der Waals surface area contributed by atoms with Crippen LogP contribution in [0, 0.1) is 35.5 Å². The van der Waals surface area contributed by atoms with Crippen molar-refractivity contribution in [2.75, 3.05) is 56.4 Å². The lowest BCUT2D eigenvalue weighted by Crippen LogP contribution is -2.65. The molecule has 12 atom stereocenters. The van der Waals surface area contributed by atoms with Gasteiger partial charge in [-0.1, -0.05) is 18.2 Å². The molecule has 9 aliphatic carbocycles. The minimum atomic E-state index is -2.63. The summed E-state index contributed by atoms with van der Waals surface area (Å²) in [5.41, 5.74) is 12.7. The summed E-state index contributed by atoms with van der Waals surface area (Å²) >= 11 is 0. The number of nitrogens with zero attached hydrogens (tertiary/aromatic N) is 5. The number of aromatic nitrogens is 2. The van der Waals surface area contributed by atoms with Crippen LogP contribution in [0.1, 0.15) is 93.6 Å². The summed E-state index contributed by atoms with van der Waals surface area (Å²) in [7, 11) is 15.2. The highest BCUT2D eigenvalue weighted by Crippen LogP contribution is 2.57. The number of carbonyl (C=O) groups excluding carboxylic acids is 9. The summed E-state index contributed by atoms with van der Waals surface area (Å²) in [5, 5.41) is 133. The number of likely N-dealkylation sites (N-methyl/N-ethyl adjacent to an activating group) is 3. The molecular formula is C81H93N9O21. The van der Waals surface area contributed by atoms with Crippen LogP contribution in [0.5, 0.6) is 17.2 Å². The second kappa shape index (κ2) is 29.4. The number of hydrogen-bond acceptors (Lipinski definition) is 25. The van der Waals surface area contributed by atoms with Gasteiger partial charge >= 0.3 is 0 Å². The van der Waals surface area contributed by atoms with Crippen molar-refractivity contribution < 1.29 is 104 Å². The zero-order valence-electron chi connectivity index (χ0n) is 62.8. The first-order valence-electron chi connectivity index (χ1n) is 36.5. The van der Waals surface area contributed by atoms with Crippen LogP contribution >= 0.6 is 0 Å². The van der Waals surface area contributed by atoms with Crippen molar-refractivity contribution in [3.8, 4) is 17.2 Å². The van der Waals surface area contributed by atoms with E-state index in [-0.39, 0.29) is 76.3 Å². The number of rotatable bonds is 16. The van der Waals surface area contributed by atoms with Crippen molar-refractivity contribution in [1.82, 2.24) is 29.2 Å². The van der Waals surface area contributed by atoms with E-state index in [0.717, 1.165) is 48.1 Å². The largest absolute Gasteiger partial charge is 0.508 e. The highest BCUT2D eigenvalue weighted by molar-refractivity contribution is 6.27. The van der Waals surface area contributed by atoms with E-state index >= 15 is 0 Å². The maximum Gasteiger partial charge on any atom is 0.255 e. The quantitative estimate of drug-likeness (QED) is 0.0631. The summed E-state index contributed by atoms with van der Waals surface area (Å²) in [6.07, 6.45) is 9.57. The lowest BCUT2D eigenvalue weighted by Gasteiger charge is -2.50. The van der Waals surface area contributed by atoms with Crippen molar-refractivity contribution in [3.63, 3.8) is 0 Å². The summed E-state index contributed by atoms with van der Waals surface area (Å²) in [6, 6.07) is 14.4. The number of aromatic amines is 1. The Hall–Kier alpha value is -11.0. The first-order chi connectivity index (χ1) is 52.2. The topological polar surface area (TPSA) is 508 Å². The molecule has 30 heteroatoms. The Morgan fingerprint density at radius 1 is 0.459 bits per heavy atom. The molecule has 0 spiro atoms. The lowest BCUT2D eigenvalue weighted by molar-refractivity contribution is -0.155. The standard InChI is InChI=1S/C29H33N3O7.C28H31N3O7.C24H29N3O7/c1-31(2)23-18-13-15-12-17-14(6-4-7-16-8-5-11-32(16)3)9-10-19(33)21(17)24(34)20(15)26(36)29(18,39)27(37)22(25(23)35)28(30)38;1-31(2)22-17-12-14-11-16-13(5-3-6-15-7-4-10-30-15)8-9-18(32)20(16)23(33)19(14)25(35)28(17,38)26(36)21(24(22)34)27(29)37;1-26(2)9-10-5-6-14(28)16-12(10)7-11-8-13-18(27(3)4)20(30)17(23(25)33)22(32)24(13,34)21(31)15(11)19(16)29/h5,8-11,15,18,23,33-34,37,39H,4,6-7,12-13H2,1-3H3,(H2,30,38);4,7-10,14,17,22,30,32-33,36,38H,3,5-6,11-12H2,1-2H3,(H2,29,37);5-6,11,13,18,28-29,32,34H,7-9H2,1-4H3,(H2,25,33)/t15-,18-,23+,29-;14-,17-,22+,28-;11-,13-,18+,24-/m000/s1. The maximum absolute atomic E-state index is 13.9. The third-order valence-corrected chi connectivity index (χ3v) is 24.1. The molecule has 9 aliphatic rings. The molecule has 588 valence electrons. The number of aliphatic hydroxyl groups excluding tert-OH is 6. The second-order valence-corrected chi connectivity index (χ2v) is 31.4. The molecular weight excluding hydrogens is 1430 g/mol. The van der Waals surface area contributed by atoms with Crippen LogP contribution in [0.25, 0.3) is 17.3 Å². The Morgan fingerprint density at radius 3 is 1.09 bits per heavy atom. The number of primary amides is 3. The van der Waals surface area contributed by atoms with E-state index < -0.39 is 174 Å². The first kappa shape index (κ1) is 79.6. The fraction of sp³-hybridized carbons (Fsp3) is 0.420. The van der Waals surface area contributed by atoms with Crippen LogP contribution in [-0.4, -0.2) is 234 Å². The molecule has 0 saturated heterocycles. The summed E-state index contributed by atoms with van der Waals surface area (Å²) < 4.78 is 2.06. The van der Waals surface area contributed by atoms with Gasteiger partial charge < -0.3 is 92.9 Å². The van der Waals surface area contributed by atoms with Crippen LogP contribution in [0.4, 0.5) is 0 Å². The number of ketones is 6. The van der Waals surface area contributed by atoms with Crippen LogP contribution in [0.15, 0.2) is 124 Å². The fourth-order valence-electron chi connectivity index (χ4n) is 19.1. The van der Waals surface area contributed by atoms with E-state index in [2.05, 4.69) is 15.6 Å². The Labute approximate surface area is 637 Å². The van der Waals surface area contributed by atoms with Crippen LogP contribution in [-0.2, 0) is 102 Å².